The van der Waals surface area contributed by atoms with Crippen LogP contribution in [0.2, 0.25) is 0 Å². The third-order valence-electron chi connectivity index (χ3n) is 4.50. The zero-order chi connectivity index (χ0) is 15.1. The molecule has 2 bridgehead atoms. The van der Waals surface area contributed by atoms with Gasteiger partial charge in [0.15, 0.2) is 0 Å². The second-order valence-corrected chi connectivity index (χ2v) is 7.04. The third kappa shape index (κ3) is 2.39. The first-order valence-corrected chi connectivity index (χ1v) is 8.44. The molecule has 2 aliphatic rings. The topological polar surface area (TPSA) is 54.0 Å². The Morgan fingerprint density at radius 3 is 3.09 bits per heavy atom. The van der Waals surface area contributed by atoms with Gasteiger partial charge < -0.3 is 10.6 Å². The van der Waals surface area contributed by atoms with Gasteiger partial charge in [-0.1, -0.05) is 5.92 Å². The van der Waals surface area contributed by atoms with Gasteiger partial charge in [0.1, 0.15) is 5.69 Å². The standard InChI is InChI=1S/C17H17N3OS/c1-2-3-12-6-10-9-18-15(8-16(10)22-12)17(21)20-14-7-11-4-5-13(14)19-11/h6,8-9,11,13-14,19H,4-5,7H2,1H3,(H,20,21)/t11-,13+,14-/m1/s1. The lowest BCUT2D eigenvalue weighted by Gasteiger charge is -2.21. The normalized spacial score (nSPS) is 26.0. The van der Waals surface area contributed by atoms with Crippen LogP contribution in [0.1, 0.15) is 41.6 Å². The zero-order valence-electron chi connectivity index (χ0n) is 12.3. The molecule has 0 aromatic carbocycles. The number of fused-ring (bicyclic) bond motifs is 3. The van der Waals surface area contributed by atoms with E-state index in [4.69, 9.17) is 0 Å². The molecule has 2 N–H and O–H groups in total. The molecule has 1 amide bonds. The minimum atomic E-state index is -0.0715. The van der Waals surface area contributed by atoms with E-state index in [-0.39, 0.29) is 11.9 Å². The van der Waals surface area contributed by atoms with E-state index in [9.17, 15) is 4.79 Å². The first-order valence-electron chi connectivity index (χ1n) is 7.62. The van der Waals surface area contributed by atoms with Crippen molar-refractivity contribution in [1.82, 2.24) is 15.6 Å². The van der Waals surface area contributed by atoms with Crippen LogP contribution in [0.5, 0.6) is 0 Å². The minimum absolute atomic E-state index is 0.0715. The first-order chi connectivity index (χ1) is 10.7. The van der Waals surface area contributed by atoms with Crippen molar-refractivity contribution in [3.8, 4) is 11.8 Å². The number of hydrogen-bond acceptors (Lipinski definition) is 4. The molecule has 0 radical (unpaired) electrons. The fourth-order valence-electron chi connectivity index (χ4n) is 3.47. The second kappa shape index (κ2) is 5.38. The quantitative estimate of drug-likeness (QED) is 0.837. The molecule has 0 aliphatic carbocycles. The van der Waals surface area contributed by atoms with Gasteiger partial charge in [0.05, 0.1) is 4.88 Å². The average molecular weight is 311 g/mol. The third-order valence-corrected chi connectivity index (χ3v) is 5.51. The summed E-state index contributed by atoms with van der Waals surface area (Å²) in [5, 5.41) is 7.71. The van der Waals surface area contributed by atoms with Crippen LogP contribution in [0.3, 0.4) is 0 Å². The van der Waals surface area contributed by atoms with E-state index in [0.717, 1.165) is 27.8 Å². The number of aromatic nitrogens is 1. The fraction of sp³-hybridized carbons (Fsp3) is 0.412. The van der Waals surface area contributed by atoms with Crippen LogP contribution in [0, 0.1) is 11.8 Å². The van der Waals surface area contributed by atoms with E-state index in [2.05, 4.69) is 27.5 Å². The number of nitrogens with one attached hydrogen (secondary N) is 2. The maximum absolute atomic E-state index is 12.4. The van der Waals surface area contributed by atoms with Gasteiger partial charge in [0.2, 0.25) is 0 Å². The molecular formula is C17H17N3OS. The van der Waals surface area contributed by atoms with E-state index in [1.165, 1.54) is 6.42 Å². The minimum Gasteiger partial charge on any atom is -0.346 e. The van der Waals surface area contributed by atoms with Crippen molar-refractivity contribution in [2.75, 3.05) is 0 Å². The van der Waals surface area contributed by atoms with Crippen LogP contribution in [0.25, 0.3) is 10.1 Å². The summed E-state index contributed by atoms with van der Waals surface area (Å²) < 4.78 is 1.06. The van der Waals surface area contributed by atoms with Gasteiger partial charge in [0.25, 0.3) is 5.91 Å². The van der Waals surface area contributed by atoms with Gasteiger partial charge in [-0.2, -0.15) is 0 Å². The van der Waals surface area contributed by atoms with Crippen LogP contribution in [-0.2, 0) is 0 Å². The number of hydrogen-bond donors (Lipinski definition) is 2. The van der Waals surface area contributed by atoms with Gasteiger partial charge >= 0.3 is 0 Å². The number of nitrogens with zero attached hydrogens (tertiary/aromatic N) is 1. The molecule has 112 valence electrons. The largest absolute Gasteiger partial charge is 0.346 e. The highest BCUT2D eigenvalue weighted by molar-refractivity contribution is 7.19. The molecule has 2 aliphatic heterocycles. The molecule has 0 spiro atoms. The molecule has 0 unspecified atom stereocenters. The average Bonchev–Trinajstić information content (AvgIpc) is 3.20. The number of thiophene rings is 1. The van der Waals surface area contributed by atoms with E-state index >= 15 is 0 Å². The molecule has 2 saturated heterocycles. The smallest absolute Gasteiger partial charge is 0.270 e. The maximum atomic E-state index is 12.4. The lowest BCUT2D eigenvalue weighted by atomic mass is 9.95. The SMILES string of the molecule is CC#Cc1cc2cnc(C(=O)N[C@@H]3C[C@H]4CC[C@@H]3N4)cc2s1. The highest BCUT2D eigenvalue weighted by atomic mass is 32.1. The van der Waals surface area contributed by atoms with Gasteiger partial charge in [0, 0.05) is 34.4 Å². The molecule has 4 rings (SSSR count). The van der Waals surface area contributed by atoms with E-state index in [1.807, 2.05) is 19.1 Å². The Morgan fingerprint density at radius 1 is 1.45 bits per heavy atom. The zero-order valence-corrected chi connectivity index (χ0v) is 13.2. The van der Waals surface area contributed by atoms with Gasteiger partial charge in [-0.15, -0.1) is 17.3 Å². The van der Waals surface area contributed by atoms with Crippen LogP contribution in [-0.4, -0.2) is 29.0 Å². The first kappa shape index (κ1) is 13.7. The van der Waals surface area contributed by atoms with Crippen molar-refractivity contribution in [3.05, 3.63) is 28.9 Å². The van der Waals surface area contributed by atoms with Crippen molar-refractivity contribution in [3.63, 3.8) is 0 Å². The van der Waals surface area contributed by atoms with Crippen LogP contribution in [0.4, 0.5) is 0 Å². The Bertz CT molecular complexity index is 801. The molecule has 4 heterocycles. The number of rotatable bonds is 2. The summed E-state index contributed by atoms with van der Waals surface area (Å²) in [7, 11) is 0. The van der Waals surface area contributed by atoms with E-state index < -0.39 is 0 Å². The van der Waals surface area contributed by atoms with E-state index in [1.54, 1.807) is 17.5 Å². The Hall–Kier alpha value is -1.90. The lowest BCUT2D eigenvalue weighted by Crippen LogP contribution is -2.43. The number of amides is 1. The molecule has 2 aromatic heterocycles. The van der Waals surface area contributed by atoms with Gasteiger partial charge in [-0.3, -0.25) is 9.78 Å². The van der Waals surface area contributed by atoms with Gasteiger partial charge in [-0.05, 0) is 38.3 Å². The molecule has 5 heteroatoms. The molecule has 4 nitrogen and oxygen atoms in total. The van der Waals surface area contributed by atoms with Crippen LogP contribution < -0.4 is 10.6 Å². The molecule has 22 heavy (non-hydrogen) atoms. The lowest BCUT2D eigenvalue weighted by molar-refractivity contribution is 0.0926. The Morgan fingerprint density at radius 2 is 2.36 bits per heavy atom. The summed E-state index contributed by atoms with van der Waals surface area (Å²) in [4.78, 5) is 17.7. The summed E-state index contributed by atoms with van der Waals surface area (Å²) >= 11 is 1.60. The predicted octanol–water partition coefficient (Wildman–Crippen LogP) is 2.29. The fourth-order valence-corrected chi connectivity index (χ4v) is 4.44. The Balaban J connectivity index is 1.54. The number of pyridine rings is 1. The molecule has 2 aromatic rings. The summed E-state index contributed by atoms with van der Waals surface area (Å²) in [6.45, 7) is 1.82. The molecule has 0 saturated carbocycles. The van der Waals surface area contributed by atoms with Crippen molar-refractivity contribution in [2.45, 2.75) is 44.3 Å². The van der Waals surface area contributed by atoms with Gasteiger partial charge in [-0.25, -0.2) is 0 Å². The monoisotopic (exact) mass is 311 g/mol. The van der Waals surface area contributed by atoms with Crippen molar-refractivity contribution >= 4 is 27.3 Å². The highest BCUT2D eigenvalue weighted by Gasteiger charge is 2.39. The Labute approximate surface area is 133 Å². The second-order valence-electron chi connectivity index (χ2n) is 5.96. The molecule has 3 atom stereocenters. The van der Waals surface area contributed by atoms with E-state index in [0.29, 0.717) is 17.8 Å². The van der Waals surface area contributed by atoms with Crippen molar-refractivity contribution in [1.29, 1.82) is 0 Å². The molecular weight excluding hydrogens is 294 g/mol. The maximum Gasteiger partial charge on any atom is 0.270 e. The number of carbonyl (C=O) groups excluding carboxylic acids is 1. The summed E-state index contributed by atoms with van der Waals surface area (Å²) in [6.07, 6.45) is 5.19. The summed E-state index contributed by atoms with van der Waals surface area (Å²) in [5.41, 5.74) is 0.494. The Kier molecular flexibility index (Phi) is 3.36. The summed E-state index contributed by atoms with van der Waals surface area (Å²) in [5.74, 6) is 5.88. The number of carbonyl (C=O) groups is 1. The summed E-state index contributed by atoms with van der Waals surface area (Å²) in [6, 6.07) is 5.15. The predicted molar refractivity (Wildman–Crippen MR) is 88.0 cm³/mol. The van der Waals surface area contributed by atoms with Crippen LogP contribution >= 0.6 is 11.3 Å². The molecule has 2 fully saturated rings. The van der Waals surface area contributed by atoms with Crippen molar-refractivity contribution in [2.24, 2.45) is 0 Å². The van der Waals surface area contributed by atoms with Crippen LogP contribution in [0.15, 0.2) is 18.3 Å². The van der Waals surface area contributed by atoms with Crippen molar-refractivity contribution < 1.29 is 4.79 Å². The highest BCUT2D eigenvalue weighted by Crippen LogP contribution is 2.29.